The standard InChI is InChI=1S/C17H20N2O4S/c1-12(2)11-19(14-6-4-7-15(20)10-14)24(22,23)16-8-3-5-13(9-16)17(18)21/h3-10,12,20H,11H2,1-2H3,(H2,18,21). The van der Waals surface area contributed by atoms with Crippen molar-refractivity contribution in [2.24, 2.45) is 11.7 Å². The maximum absolute atomic E-state index is 13.0. The molecule has 0 aliphatic heterocycles. The second kappa shape index (κ2) is 6.92. The van der Waals surface area contributed by atoms with E-state index in [1.165, 1.54) is 40.7 Å². The first-order valence-corrected chi connectivity index (χ1v) is 8.87. The molecule has 6 nitrogen and oxygen atoms in total. The molecular weight excluding hydrogens is 328 g/mol. The maximum Gasteiger partial charge on any atom is 0.264 e. The smallest absolute Gasteiger partial charge is 0.264 e. The van der Waals surface area contributed by atoms with Gasteiger partial charge in [-0.3, -0.25) is 9.10 Å². The lowest BCUT2D eigenvalue weighted by atomic mass is 10.2. The summed E-state index contributed by atoms with van der Waals surface area (Å²) in [5.74, 6) is -0.663. The Labute approximate surface area is 141 Å². The van der Waals surface area contributed by atoms with Crippen LogP contribution in [0.3, 0.4) is 0 Å². The number of benzene rings is 2. The molecule has 0 aromatic heterocycles. The van der Waals surface area contributed by atoms with Gasteiger partial charge in [0.1, 0.15) is 5.75 Å². The molecule has 7 heteroatoms. The van der Waals surface area contributed by atoms with Gasteiger partial charge in [0.2, 0.25) is 5.91 Å². The van der Waals surface area contributed by atoms with Gasteiger partial charge < -0.3 is 10.8 Å². The van der Waals surface area contributed by atoms with E-state index in [0.717, 1.165) is 0 Å². The zero-order valence-electron chi connectivity index (χ0n) is 13.5. The molecule has 2 aromatic rings. The predicted octanol–water partition coefficient (Wildman–Crippen LogP) is 2.34. The SMILES string of the molecule is CC(C)CN(c1cccc(O)c1)S(=O)(=O)c1cccc(C(N)=O)c1. The summed E-state index contributed by atoms with van der Waals surface area (Å²) in [5.41, 5.74) is 5.71. The van der Waals surface area contributed by atoms with Crippen molar-refractivity contribution in [2.45, 2.75) is 18.7 Å². The highest BCUT2D eigenvalue weighted by atomic mass is 32.2. The normalized spacial score (nSPS) is 11.5. The van der Waals surface area contributed by atoms with E-state index < -0.39 is 15.9 Å². The Morgan fingerprint density at radius 1 is 1.17 bits per heavy atom. The van der Waals surface area contributed by atoms with Crippen LogP contribution in [0.2, 0.25) is 0 Å². The highest BCUT2D eigenvalue weighted by Crippen LogP contribution is 2.27. The van der Waals surface area contributed by atoms with Gasteiger partial charge >= 0.3 is 0 Å². The van der Waals surface area contributed by atoms with Crippen molar-refractivity contribution >= 4 is 21.6 Å². The minimum Gasteiger partial charge on any atom is -0.508 e. The summed E-state index contributed by atoms with van der Waals surface area (Å²) < 4.78 is 27.3. The number of hydrogen-bond donors (Lipinski definition) is 2. The molecule has 1 amide bonds. The quantitative estimate of drug-likeness (QED) is 0.836. The van der Waals surface area contributed by atoms with E-state index in [0.29, 0.717) is 5.69 Å². The van der Waals surface area contributed by atoms with Gasteiger partial charge in [0.25, 0.3) is 10.0 Å². The van der Waals surface area contributed by atoms with Crippen LogP contribution >= 0.6 is 0 Å². The minimum absolute atomic E-state index is 0.0252. The number of anilines is 1. The molecule has 0 aliphatic carbocycles. The van der Waals surface area contributed by atoms with E-state index >= 15 is 0 Å². The Balaban J connectivity index is 2.55. The number of rotatable bonds is 6. The zero-order valence-corrected chi connectivity index (χ0v) is 14.3. The third-order valence-electron chi connectivity index (χ3n) is 3.36. The molecule has 0 atom stereocenters. The second-order valence-electron chi connectivity index (χ2n) is 5.84. The molecule has 0 saturated heterocycles. The summed E-state index contributed by atoms with van der Waals surface area (Å²) in [7, 11) is -3.91. The Morgan fingerprint density at radius 3 is 2.42 bits per heavy atom. The van der Waals surface area contributed by atoms with Crippen LogP contribution in [0.25, 0.3) is 0 Å². The molecule has 128 valence electrons. The summed E-state index contributed by atoms with van der Waals surface area (Å²) >= 11 is 0. The third-order valence-corrected chi connectivity index (χ3v) is 5.15. The highest BCUT2D eigenvalue weighted by Gasteiger charge is 2.26. The van der Waals surface area contributed by atoms with Crippen molar-refractivity contribution in [3.63, 3.8) is 0 Å². The van der Waals surface area contributed by atoms with E-state index in [1.807, 2.05) is 13.8 Å². The summed E-state index contributed by atoms with van der Waals surface area (Å²) in [6.45, 7) is 4.02. The molecule has 24 heavy (non-hydrogen) atoms. The largest absolute Gasteiger partial charge is 0.508 e. The van der Waals surface area contributed by atoms with Gasteiger partial charge in [0.05, 0.1) is 10.6 Å². The molecule has 0 heterocycles. The molecule has 0 spiro atoms. The molecule has 2 aromatic carbocycles. The third kappa shape index (κ3) is 3.86. The number of hydrogen-bond acceptors (Lipinski definition) is 4. The van der Waals surface area contributed by atoms with Gasteiger partial charge in [-0.15, -0.1) is 0 Å². The van der Waals surface area contributed by atoms with Crippen molar-refractivity contribution in [3.05, 3.63) is 54.1 Å². The van der Waals surface area contributed by atoms with Gasteiger partial charge in [-0.2, -0.15) is 0 Å². The lowest BCUT2D eigenvalue weighted by Gasteiger charge is -2.26. The Kier molecular flexibility index (Phi) is 5.14. The van der Waals surface area contributed by atoms with Gasteiger partial charge in [-0.25, -0.2) is 8.42 Å². The van der Waals surface area contributed by atoms with E-state index in [2.05, 4.69) is 0 Å². The molecule has 0 bridgehead atoms. The number of primary amides is 1. The van der Waals surface area contributed by atoms with Gasteiger partial charge in [0.15, 0.2) is 0 Å². The van der Waals surface area contributed by atoms with Crippen LogP contribution in [-0.4, -0.2) is 26.0 Å². The molecule has 0 saturated carbocycles. The number of carbonyl (C=O) groups is 1. The molecule has 0 unspecified atom stereocenters. The van der Waals surface area contributed by atoms with Crippen molar-refractivity contribution in [1.29, 1.82) is 0 Å². The van der Waals surface area contributed by atoms with E-state index in [4.69, 9.17) is 5.73 Å². The first-order valence-electron chi connectivity index (χ1n) is 7.43. The fraction of sp³-hybridized carbons (Fsp3) is 0.235. The number of sulfonamides is 1. The van der Waals surface area contributed by atoms with Crippen LogP contribution in [0, 0.1) is 5.92 Å². The second-order valence-corrected chi connectivity index (χ2v) is 7.70. The van der Waals surface area contributed by atoms with Crippen LogP contribution in [0.5, 0.6) is 5.75 Å². The summed E-state index contributed by atoms with van der Waals surface area (Å²) in [6.07, 6.45) is 0. The van der Waals surface area contributed by atoms with Crippen molar-refractivity contribution in [1.82, 2.24) is 0 Å². The topological polar surface area (TPSA) is 101 Å². The van der Waals surface area contributed by atoms with Gasteiger partial charge in [0, 0.05) is 18.2 Å². The number of phenols is 1. The lowest BCUT2D eigenvalue weighted by Crippen LogP contribution is -2.34. The van der Waals surface area contributed by atoms with Crippen LogP contribution in [0.1, 0.15) is 24.2 Å². The van der Waals surface area contributed by atoms with Crippen LogP contribution < -0.4 is 10.0 Å². The van der Waals surface area contributed by atoms with Gasteiger partial charge in [-0.1, -0.05) is 26.0 Å². The number of aromatic hydroxyl groups is 1. The zero-order chi connectivity index (χ0) is 17.9. The van der Waals surface area contributed by atoms with Crippen LogP contribution in [0.15, 0.2) is 53.4 Å². The van der Waals surface area contributed by atoms with E-state index in [1.54, 1.807) is 12.1 Å². The summed E-state index contributed by atoms with van der Waals surface area (Å²) in [6, 6.07) is 11.7. The number of phenolic OH excluding ortho intramolecular Hbond substituents is 1. The Morgan fingerprint density at radius 2 is 1.83 bits per heavy atom. The van der Waals surface area contributed by atoms with Crippen molar-refractivity contribution in [2.75, 3.05) is 10.8 Å². The van der Waals surface area contributed by atoms with E-state index in [-0.39, 0.29) is 28.7 Å². The summed E-state index contributed by atoms with van der Waals surface area (Å²) in [4.78, 5) is 11.3. The average Bonchev–Trinajstić information content (AvgIpc) is 2.52. The fourth-order valence-electron chi connectivity index (χ4n) is 2.26. The molecule has 2 rings (SSSR count). The van der Waals surface area contributed by atoms with Crippen molar-refractivity contribution < 1.29 is 18.3 Å². The highest BCUT2D eigenvalue weighted by molar-refractivity contribution is 7.92. The molecule has 0 radical (unpaired) electrons. The first-order chi connectivity index (χ1) is 11.2. The first kappa shape index (κ1) is 17.8. The Hall–Kier alpha value is -2.54. The average molecular weight is 348 g/mol. The lowest BCUT2D eigenvalue weighted by molar-refractivity contribution is 0.1000. The molecule has 3 N–H and O–H groups in total. The number of carbonyl (C=O) groups excluding carboxylic acids is 1. The van der Waals surface area contributed by atoms with Crippen LogP contribution in [-0.2, 0) is 10.0 Å². The summed E-state index contributed by atoms with van der Waals surface area (Å²) in [5, 5.41) is 9.67. The minimum atomic E-state index is -3.91. The monoisotopic (exact) mass is 348 g/mol. The fourth-order valence-corrected chi connectivity index (χ4v) is 3.93. The van der Waals surface area contributed by atoms with Crippen LogP contribution in [0.4, 0.5) is 5.69 Å². The molecule has 0 fully saturated rings. The Bertz CT molecular complexity index is 847. The van der Waals surface area contributed by atoms with Gasteiger partial charge in [-0.05, 0) is 36.2 Å². The number of amides is 1. The van der Waals surface area contributed by atoms with E-state index in [9.17, 15) is 18.3 Å². The number of nitrogens with zero attached hydrogens (tertiary/aromatic N) is 1. The molecular formula is C17H20N2O4S. The predicted molar refractivity (Wildman–Crippen MR) is 92.4 cm³/mol. The molecule has 0 aliphatic rings. The number of nitrogens with two attached hydrogens (primary N) is 1. The van der Waals surface area contributed by atoms with Crippen molar-refractivity contribution in [3.8, 4) is 5.75 Å². The maximum atomic E-state index is 13.0.